The molecule has 7 nitrogen and oxygen atoms in total. The lowest BCUT2D eigenvalue weighted by Crippen LogP contribution is -2.15. The number of esters is 1. The molecule has 0 saturated carbocycles. The molecule has 4 rings (SSSR count). The highest BCUT2D eigenvalue weighted by atomic mass is 16.5. The maximum absolute atomic E-state index is 13.0. The predicted octanol–water partition coefficient (Wildman–Crippen LogP) is 4.35. The van der Waals surface area contributed by atoms with Crippen LogP contribution in [-0.2, 0) is 4.74 Å². The van der Waals surface area contributed by atoms with Gasteiger partial charge < -0.3 is 14.2 Å². The fourth-order valence-corrected chi connectivity index (χ4v) is 3.33. The van der Waals surface area contributed by atoms with Crippen LogP contribution in [0.5, 0.6) is 11.5 Å². The summed E-state index contributed by atoms with van der Waals surface area (Å²) in [7, 11) is 2.97. The van der Waals surface area contributed by atoms with Crippen LogP contribution in [-0.4, -0.2) is 42.5 Å². The SMILES string of the molecule is COc1ccc(OC)c(C(=O)COC(=O)c2cc(-c3ccncc3)nc3ccccc23)c1. The van der Waals surface area contributed by atoms with E-state index in [4.69, 9.17) is 14.2 Å². The molecule has 0 radical (unpaired) electrons. The van der Waals surface area contributed by atoms with Gasteiger partial charge in [0.05, 0.1) is 36.6 Å². The summed E-state index contributed by atoms with van der Waals surface area (Å²) >= 11 is 0. The third kappa shape index (κ3) is 4.27. The molecule has 0 fully saturated rings. The predicted molar refractivity (Wildman–Crippen MR) is 119 cm³/mol. The number of benzene rings is 2. The molecule has 0 spiro atoms. The molecule has 0 aliphatic rings. The Balaban J connectivity index is 1.63. The van der Waals surface area contributed by atoms with Crippen molar-refractivity contribution in [1.82, 2.24) is 9.97 Å². The Hall–Kier alpha value is -4.26. The average Bonchev–Trinajstić information content (AvgIpc) is 2.86. The quantitative estimate of drug-likeness (QED) is 0.319. The maximum Gasteiger partial charge on any atom is 0.339 e. The topological polar surface area (TPSA) is 87.6 Å². The summed E-state index contributed by atoms with van der Waals surface area (Å²) in [6.07, 6.45) is 3.31. The van der Waals surface area contributed by atoms with Crippen molar-refractivity contribution in [3.8, 4) is 22.8 Å². The number of para-hydroxylation sites is 1. The summed E-state index contributed by atoms with van der Waals surface area (Å²) < 4.78 is 15.8. The number of nitrogens with zero attached hydrogens (tertiary/aromatic N) is 2. The average molecular weight is 428 g/mol. The van der Waals surface area contributed by atoms with Crippen molar-refractivity contribution in [3.05, 3.63) is 84.2 Å². The van der Waals surface area contributed by atoms with Gasteiger partial charge in [0.15, 0.2) is 6.61 Å². The van der Waals surface area contributed by atoms with Crippen molar-refractivity contribution < 1.29 is 23.8 Å². The van der Waals surface area contributed by atoms with Crippen LogP contribution in [0.25, 0.3) is 22.2 Å². The van der Waals surface area contributed by atoms with E-state index in [1.807, 2.05) is 30.3 Å². The van der Waals surface area contributed by atoms with Crippen molar-refractivity contribution >= 4 is 22.7 Å². The van der Waals surface area contributed by atoms with E-state index in [2.05, 4.69) is 9.97 Å². The van der Waals surface area contributed by atoms with Crippen LogP contribution < -0.4 is 9.47 Å². The van der Waals surface area contributed by atoms with Crippen molar-refractivity contribution in [3.63, 3.8) is 0 Å². The molecule has 0 aliphatic heterocycles. The summed E-state index contributed by atoms with van der Waals surface area (Å²) in [5, 5.41) is 0.640. The Labute approximate surface area is 184 Å². The van der Waals surface area contributed by atoms with Gasteiger partial charge in [0, 0.05) is 23.3 Å². The lowest BCUT2D eigenvalue weighted by atomic mass is 10.0. The smallest absolute Gasteiger partial charge is 0.339 e. The van der Waals surface area contributed by atoms with E-state index in [1.165, 1.54) is 14.2 Å². The summed E-state index contributed by atoms with van der Waals surface area (Å²) in [6.45, 7) is -0.441. The number of fused-ring (bicyclic) bond motifs is 1. The lowest BCUT2D eigenvalue weighted by Gasteiger charge is -2.12. The molecule has 160 valence electrons. The van der Waals surface area contributed by atoms with E-state index >= 15 is 0 Å². The highest BCUT2D eigenvalue weighted by molar-refractivity contribution is 6.06. The summed E-state index contributed by atoms with van der Waals surface area (Å²) in [4.78, 5) is 34.4. The fraction of sp³-hybridized carbons (Fsp3) is 0.120. The molecular formula is C25H20N2O5. The summed E-state index contributed by atoms with van der Waals surface area (Å²) in [6, 6.07) is 17.4. The first-order chi connectivity index (χ1) is 15.6. The zero-order valence-corrected chi connectivity index (χ0v) is 17.6. The highest BCUT2D eigenvalue weighted by Gasteiger charge is 2.19. The minimum Gasteiger partial charge on any atom is -0.497 e. The van der Waals surface area contributed by atoms with Crippen LogP contribution in [0.2, 0.25) is 0 Å². The van der Waals surface area contributed by atoms with Crippen LogP contribution in [0.4, 0.5) is 0 Å². The van der Waals surface area contributed by atoms with Gasteiger partial charge in [-0.1, -0.05) is 18.2 Å². The van der Waals surface area contributed by atoms with E-state index in [0.717, 1.165) is 5.56 Å². The van der Waals surface area contributed by atoms with E-state index < -0.39 is 18.4 Å². The molecule has 0 saturated heterocycles. The third-order valence-corrected chi connectivity index (χ3v) is 4.95. The maximum atomic E-state index is 13.0. The summed E-state index contributed by atoms with van der Waals surface area (Å²) in [5.74, 6) is -0.139. The largest absolute Gasteiger partial charge is 0.497 e. The molecule has 0 N–H and O–H groups in total. The van der Waals surface area contributed by atoms with Crippen LogP contribution >= 0.6 is 0 Å². The van der Waals surface area contributed by atoms with Gasteiger partial charge in [-0.15, -0.1) is 0 Å². The highest BCUT2D eigenvalue weighted by Crippen LogP contribution is 2.26. The van der Waals surface area contributed by atoms with E-state index in [0.29, 0.717) is 33.7 Å². The molecule has 0 aliphatic carbocycles. The number of methoxy groups -OCH3 is 2. The Morgan fingerprint density at radius 2 is 1.66 bits per heavy atom. The summed E-state index contributed by atoms with van der Waals surface area (Å²) in [5.41, 5.74) is 2.68. The first-order valence-electron chi connectivity index (χ1n) is 9.83. The molecule has 2 aromatic heterocycles. The molecule has 2 heterocycles. The molecule has 0 bridgehead atoms. The Morgan fingerprint density at radius 3 is 2.41 bits per heavy atom. The third-order valence-electron chi connectivity index (χ3n) is 4.95. The number of hydrogen-bond acceptors (Lipinski definition) is 7. The lowest BCUT2D eigenvalue weighted by molar-refractivity contribution is 0.0476. The zero-order valence-electron chi connectivity index (χ0n) is 17.6. The van der Waals surface area contributed by atoms with Gasteiger partial charge in [-0.05, 0) is 42.5 Å². The normalized spacial score (nSPS) is 10.6. The van der Waals surface area contributed by atoms with Crippen molar-refractivity contribution in [2.45, 2.75) is 0 Å². The van der Waals surface area contributed by atoms with Crippen molar-refractivity contribution in [2.75, 3.05) is 20.8 Å². The molecule has 32 heavy (non-hydrogen) atoms. The van der Waals surface area contributed by atoms with Crippen molar-refractivity contribution in [2.24, 2.45) is 0 Å². The molecule has 0 unspecified atom stereocenters. The van der Waals surface area contributed by atoms with Gasteiger partial charge in [-0.3, -0.25) is 9.78 Å². The van der Waals surface area contributed by atoms with E-state index in [1.54, 1.807) is 42.7 Å². The molecule has 4 aromatic rings. The van der Waals surface area contributed by atoms with E-state index in [-0.39, 0.29) is 5.56 Å². The van der Waals surface area contributed by atoms with Crippen LogP contribution in [0.1, 0.15) is 20.7 Å². The molecule has 0 amide bonds. The Kier molecular flexibility index (Phi) is 6.07. The Bertz CT molecular complexity index is 1290. The second kappa shape index (κ2) is 9.26. The van der Waals surface area contributed by atoms with Gasteiger partial charge in [-0.25, -0.2) is 9.78 Å². The molecule has 7 heteroatoms. The number of carbonyl (C=O) groups is 2. The van der Waals surface area contributed by atoms with Gasteiger partial charge in [0.25, 0.3) is 0 Å². The number of aromatic nitrogens is 2. The minimum absolute atomic E-state index is 0.275. The van der Waals surface area contributed by atoms with Gasteiger partial charge in [0.2, 0.25) is 5.78 Å². The standard InChI is InChI=1S/C25H20N2O5/c1-30-17-7-8-24(31-2)20(13-17)23(28)15-32-25(29)19-14-22(16-9-11-26-12-10-16)27-21-6-4-3-5-18(19)21/h3-14H,15H2,1-2H3. The van der Waals surface area contributed by atoms with Crippen LogP contribution in [0.3, 0.4) is 0 Å². The molecule has 2 aromatic carbocycles. The number of ether oxygens (including phenoxy) is 3. The molecule has 0 atom stereocenters. The second-order valence-corrected chi connectivity index (χ2v) is 6.87. The van der Waals surface area contributed by atoms with Gasteiger partial charge in [0.1, 0.15) is 11.5 Å². The number of pyridine rings is 2. The minimum atomic E-state index is -0.617. The number of carbonyl (C=O) groups excluding carboxylic acids is 2. The first-order valence-corrected chi connectivity index (χ1v) is 9.83. The van der Waals surface area contributed by atoms with Crippen LogP contribution in [0.15, 0.2) is 73.1 Å². The van der Waals surface area contributed by atoms with Gasteiger partial charge >= 0.3 is 5.97 Å². The van der Waals surface area contributed by atoms with E-state index in [9.17, 15) is 9.59 Å². The number of Topliss-reactive ketones (excluding diaryl/α,β-unsaturated/α-hetero) is 1. The number of hydrogen-bond donors (Lipinski definition) is 0. The Morgan fingerprint density at radius 1 is 0.875 bits per heavy atom. The fourth-order valence-electron chi connectivity index (χ4n) is 3.33. The zero-order chi connectivity index (χ0) is 22.5. The van der Waals surface area contributed by atoms with Crippen molar-refractivity contribution in [1.29, 1.82) is 0 Å². The van der Waals surface area contributed by atoms with Crippen LogP contribution in [0, 0.1) is 0 Å². The molecular weight excluding hydrogens is 408 g/mol. The second-order valence-electron chi connectivity index (χ2n) is 6.87. The monoisotopic (exact) mass is 428 g/mol. The van der Waals surface area contributed by atoms with Gasteiger partial charge in [-0.2, -0.15) is 0 Å². The number of rotatable bonds is 7. The number of ketones is 1. The first kappa shape index (κ1) is 21.0.